The lowest BCUT2D eigenvalue weighted by Gasteiger charge is -2.27. The molecule has 3 rings (SSSR count). The van der Waals surface area contributed by atoms with E-state index in [2.05, 4.69) is 10.2 Å². The number of amides is 1. The van der Waals surface area contributed by atoms with E-state index in [4.69, 9.17) is 4.74 Å². The Bertz CT molecular complexity index is 514. The van der Waals surface area contributed by atoms with Gasteiger partial charge in [-0.2, -0.15) is 0 Å². The Kier molecular flexibility index (Phi) is 3.50. The summed E-state index contributed by atoms with van der Waals surface area (Å²) in [6.45, 7) is 7.79. The smallest absolute Gasteiger partial charge is 0.412 e. The van der Waals surface area contributed by atoms with E-state index >= 15 is 0 Å². The summed E-state index contributed by atoms with van der Waals surface area (Å²) in [5, 5.41) is 4.94. The minimum absolute atomic E-state index is 0.359. The van der Waals surface area contributed by atoms with Crippen LogP contribution in [0.4, 0.5) is 10.5 Å². The van der Waals surface area contributed by atoms with E-state index in [0.29, 0.717) is 0 Å². The summed E-state index contributed by atoms with van der Waals surface area (Å²) in [4.78, 5) is 15.8. The molecular weight excluding hydrogens is 272 g/mol. The van der Waals surface area contributed by atoms with Gasteiger partial charge in [-0.3, -0.25) is 10.2 Å². The largest absolute Gasteiger partial charge is 0.444 e. The van der Waals surface area contributed by atoms with Crippen molar-refractivity contribution in [3.63, 3.8) is 0 Å². The zero-order valence-electron chi connectivity index (χ0n) is 12.4. The van der Waals surface area contributed by atoms with Gasteiger partial charge in [-0.15, -0.1) is 11.3 Å². The van der Waals surface area contributed by atoms with Crippen LogP contribution in [0.2, 0.25) is 0 Å². The molecule has 1 aromatic heterocycles. The predicted octanol–water partition coefficient (Wildman–Crippen LogP) is 3.62. The van der Waals surface area contributed by atoms with Crippen molar-refractivity contribution in [1.29, 1.82) is 0 Å². The second-order valence-electron chi connectivity index (χ2n) is 6.63. The fourth-order valence-electron chi connectivity index (χ4n) is 2.62. The Morgan fingerprint density at radius 3 is 2.85 bits per heavy atom. The van der Waals surface area contributed by atoms with Crippen LogP contribution in [-0.4, -0.2) is 29.2 Å². The van der Waals surface area contributed by atoms with E-state index in [1.165, 1.54) is 23.3 Å². The Morgan fingerprint density at radius 1 is 1.45 bits per heavy atom. The van der Waals surface area contributed by atoms with Crippen LogP contribution in [-0.2, 0) is 17.7 Å². The number of carbonyl (C=O) groups excluding carboxylic acids is 1. The average Bonchev–Trinajstić information content (AvgIpc) is 3.11. The number of rotatable bonds is 2. The standard InChI is InChI=1S/C15H22N2O2S/c1-15(2,3)19-14(18)16-12-9-20-13-8-17(10-4-5-10)7-6-11(12)13/h9-10H,4-8H2,1-3H3,(H,16,18). The second kappa shape index (κ2) is 5.04. The lowest BCUT2D eigenvalue weighted by molar-refractivity contribution is 0.0636. The molecular formula is C15H22N2O2S. The lowest BCUT2D eigenvalue weighted by Crippen LogP contribution is -2.32. The van der Waals surface area contributed by atoms with E-state index in [9.17, 15) is 4.79 Å². The third-order valence-electron chi connectivity index (χ3n) is 3.68. The number of hydrogen-bond acceptors (Lipinski definition) is 4. The zero-order chi connectivity index (χ0) is 14.3. The van der Waals surface area contributed by atoms with E-state index in [1.54, 1.807) is 11.3 Å². The summed E-state index contributed by atoms with van der Waals surface area (Å²) >= 11 is 1.75. The van der Waals surface area contributed by atoms with E-state index < -0.39 is 5.60 Å². The van der Waals surface area contributed by atoms with Crippen molar-refractivity contribution >= 4 is 23.1 Å². The second-order valence-corrected chi connectivity index (χ2v) is 7.59. The molecule has 5 heteroatoms. The molecule has 20 heavy (non-hydrogen) atoms. The molecule has 1 fully saturated rings. The van der Waals surface area contributed by atoms with Crippen molar-refractivity contribution in [1.82, 2.24) is 4.90 Å². The van der Waals surface area contributed by atoms with Crippen LogP contribution in [0.3, 0.4) is 0 Å². The van der Waals surface area contributed by atoms with Gasteiger partial charge in [0.1, 0.15) is 5.60 Å². The maximum absolute atomic E-state index is 11.9. The number of thiophene rings is 1. The van der Waals surface area contributed by atoms with E-state index in [1.807, 2.05) is 26.2 Å². The third-order valence-corrected chi connectivity index (χ3v) is 4.69. The van der Waals surface area contributed by atoms with Crippen LogP contribution in [0.25, 0.3) is 0 Å². The summed E-state index contributed by atoms with van der Waals surface area (Å²) in [7, 11) is 0. The number of nitrogens with zero attached hydrogens (tertiary/aromatic N) is 1. The van der Waals surface area contributed by atoms with Gasteiger partial charge in [0, 0.05) is 29.4 Å². The third kappa shape index (κ3) is 3.15. The normalized spacial score (nSPS) is 19.6. The lowest BCUT2D eigenvalue weighted by atomic mass is 10.1. The highest BCUT2D eigenvalue weighted by Gasteiger charge is 2.32. The van der Waals surface area contributed by atoms with Crippen molar-refractivity contribution < 1.29 is 9.53 Å². The highest BCUT2D eigenvalue weighted by molar-refractivity contribution is 7.10. The number of anilines is 1. The van der Waals surface area contributed by atoms with Crippen molar-refractivity contribution in [3.8, 4) is 0 Å². The van der Waals surface area contributed by atoms with Gasteiger partial charge >= 0.3 is 6.09 Å². The molecule has 0 atom stereocenters. The van der Waals surface area contributed by atoms with Gasteiger partial charge in [0.05, 0.1) is 5.69 Å². The molecule has 110 valence electrons. The first-order valence-electron chi connectivity index (χ1n) is 7.26. The first kappa shape index (κ1) is 13.9. The Labute approximate surface area is 124 Å². The molecule has 0 spiro atoms. The first-order chi connectivity index (χ1) is 9.42. The number of ether oxygens (including phenoxy) is 1. The molecule has 1 saturated carbocycles. The molecule has 0 bridgehead atoms. The van der Waals surface area contributed by atoms with Crippen LogP contribution in [0, 0.1) is 0 Å². The van der Waals surface area contributed by atoms with Gasteiger partial charge in [-0.25, -0.2) is 4.79 Å². The quantitative estimate of drug-likeness (QED) is 0.906. The SMILES string of the molecule is CC(C)(C)OC(=O)Nc1csc2c1CCN(C1CC1)C2. The monoisotopic (exact) mass is 294 g/mol. The van der Waals surface area contributed by atoms with E-state index in [0.717, 1.165) is 31.2 Å². The number of nitrogens with one attached hydrogen (secondary N) is 1. The van der Waals surface area contributed by atoms with Crippen LogP contribution >= 0.6 is 11.3 Å². The topological polar surface area (TPSA) is 41.6 Å². The number of hydrogen-bond donors (Lipinski definition) is 1. The fraction of sp³-hybridized carbons (Fsp3) is 0.667. The van der Waals surface area contributed by atoms with Crippen LogP contribution in [0.5, 0.6) is 0 Å². The van der Waals surface area contributed by atoms with Crippen LogP contribution < -0.4 is 5.32 Å². The molecule has 4 nitrogen and oxygen atoms in total. The van der Waals surface area contributed by atoms with Crippen LogP contribution in [0.1, 0.15) is 44.1 Å². The first-order valence-corrected chi connectivity index (χ1v) is 8.13. The highest BCUT2D eigenvalue weighted by atomic mass is 32.1. The molecule has 2 aliphatic rings. The molecule has 1 N–H and O–H groups in total. The fourth-order valence-corrected chi connectivity index (χ4v) is 3.67. The van der Waals surface area contributed by atoms with Gasteiger partial charge in [-0.05, 0) is 45.6 Å². The summed E-state index contributed by atoms with van der Waals surface area (Å²) in [6.07, 6.45) is 3.37. The molecule has 0 saturated heterocycles. The van der Waals surface area contributed by atoms with Gasteiger partial charge in [0.2, 0.25) is 0 Å². The molecule has 0 radical (unpaired) electrons. The molecule has 1 amide bonds. The predicted molar refractivity (Wildman–Crippen MR) is 81.3 cm³/mol. The molecule has 1 aliphatic carbocycles. The van der Waals surface area contributed by atoms with Crippen molar-refractivity contribution in [2.75, 3.05) is 11.9 Å². The summed E-state index contributed by atoms with van der Waals surface area (Å²) in [5.74, 6) is 0. The minimum atomic E-state index is -0.455. The molecule has 1 aromatic rings. The molecule has 0 unspecified atom stereocenters. The molecule has 0 aromatic carbocycles. The maximum Gasteiger partial charge on any atom is 0.412 e. The van der Waals surface area contributed by atoms with Gasteiger partial charge < -0.3 is 4.74 Å². The Hall–Kier alpha value is -1.07. The maximum atomic E-state index is 11.9. The minimum Gasteiger partial charge on any atom is -0.444 e. The van der Waals surface area contributed by atoms with Gasteiger partial charge in [0.25, 0.3) is 0 Å². The highest BCUT2D eigenvalue weighted by Crippen LogP contribution is 2.37. The average molecular weight is 294 g/mol. The molecule has 1 aliphatic heterocycles. The van der Waals surface area contributed by atoms with Crippen molar-refractivity contribution in [2.24, 2.45) is 0 Å². The summed E-state index contributed by atoms with van der Waals surface area (Å²) in [6, 6.07) is 0.813. The summed E-state index contributed by atoms with van der Waals surface area (Å²) < 4.78 is 5.32. The van der Waals surface area contributed by atoms with Crippen molar-refractivity contribution in [3.05, 3.63) is 15.8 Å². The van der Waals surface area contributed by atoms with Crippen molar-refractivity contribution in [2.45, 2.75) is 58.2 Å². The Morgan fingerprint density at radius 2 is 2.20 bits per heavy atom. The zero-order valence-corrected chi connectivity index (χ0v) is 13.2. The summed E-state index contributed by atoms with van der Waals surface area (Å²) in [5.41, 5.74) is 1.79. The van der Waals surface area contributed by atoms with Crippen LogP contribution in [0.15, 0.2) is 5.38 Å². The molecule has 2 heterocycles. The Balaban J connectivity index is 1.66. The van der Waals surface area contributed by atoms with E-state index in [-0.39, 0.29) is 6.09 Å². The van der Waals surface area contributed by atoms with Gasteiger partial charge in [-0.1, -0.05) is 0 Å². The number of fused-ring (bicyclic) bond motifs is 1. The number of carbonyl (C=O) groups is 1. The van der Waals surface area contributed by atoms with Gasteiger partial charge in [0.15, 0.2) is 0 Å².